The van der Waals surface area contributed by atoms with Crippen LogP contribution in [0.25, 0.3) is 10.8 Å². The fourth-order valence-corrected chi connectivity index (χ4v) is 7.52. The van der Waals surface area contributed by atoms with Gasteiger partial charge in [-0.1, -0.05) is 92.4 Å². The lowest BCUT2D eigenvalue weighted by Gasteiger charge is -2.36. The quantitative estimate of drug-likeness (QED) is 0.210. The molecule has 1 heterocycles. The third-order valence-electron chi connectivity index (χ3n) is 7.92. The summed E-state index contributed by atoms with van der Waals surface area (Å²) >= 11 is 6.43. The second-order valence-electron chi connectivity index (χ2n) is 10.4. The van der Waals surface area contributed by atoms with Crippen LogP contribution in [0.3, 0.4) is 0 Å². The number of likely N-dealkylation sites (N-methyl/N-ethyl adjacent to an activating group) is 1. The summed E-state index contributed by atoms with van der Waals surface area (Å²) in [7, 11) is -3.89. The number of benzene rings is 3. The minimum atomic E-state index is -3.89. The van der Waals surface area contributed by atoms with E-state index in [0.29, 0.717) is 23.5 Å². The van der Waals surface area contributed by atoms with E-state index in [1.807, 2.05) is 77.8 Å². The predicted molar refractivity (Wildman–Crippen MR) is 161 cm³/mol. The summed E-state index contributed by atoms with van der Waals surface area (Å²) in [5.74, 6) is -0.164. The average Bonchev–Trinajstić information content (AvgIpc) is 3.42. The van der Waals surface area contributed by atoms with E-state index in [4.69, 9.17) is 11.6 Å². The van der Waals surface area contributed by atoms with Gasteiger partial charge in [-0.2, -0.15) is 4.31 Å². The van der Waals surface area contributed by atoms with Gasteiger partial charge in [-0.3, -0.25) is 4.79 Å². The van der Waals surface area contributed by atoms with Crippen molar-refractivity contribution in [3.8, 4) is 0 Å². The Balaban J connectivity index is 1.41. The van der Waals surface area contributed by atoms with E-state index in [2.05, 4.69) is 4.57 Å². The Labute approximate surface area is 242 Å². The number of sulfonamides is 1. The average molecular weight is 578 g/mol. The molecule has 0 aliphatic heterocycles. The molecule has 1 aliphatic rings. The summed E-state index contributed by atoms with van der Waals surface area (Å²) in [4.78, 5) is 16.1. The Kier molecular flexibility index (Phi) is 8.94. The lowest BCUT2D eigenvalue weighted by Crippen LogP contribution is -2.47. The zero-order valence-electron chi connectivity index (χ0n) is 22.9. The van der Waals surface area contributed by atoms with Gasteiger partial charge in [-0.15, -0.1) is 0 Å². The first kappa shape index (κ1) is 28.4. The summed E-state index contributed by atoms with van der Waals surface area (Å²) in [6.45, 7) is 2.83. The van der Waals surface area contributed by atoms with Crippen molar-refractivity contribution in [1.29, 1.82) is 0 Å². The molecule has 0 radical (unpaired) electrons. The van der Waals surface area contributed by atoms with Crippen LogP contribution in [0.2, 0.25) is 5.02 Å². The standard InChI is InChI=1S/C32H36ClN3O3S/c1-2-35(40(38,39)31-20-10-14-25-12-6-8-18-29(25)31)24-32(37)36(27-15-4-3-5-16-27)23-28-17-11-21-34(28)22-26-13-7-9-19-30(26)33/h6-14,17-21,27H,2-5,15-16,22-24H2,1H3. The molecule has 1 aliphatic carbocycles. The van der Waals surface area contributed by atoms with E-state index in [-0.39, 0.29) is 29.9 Å². The van der Waals surface area contributed by atoms with E-state index in [9.17, 15) is 13.2 Å². The Morgan fingerprint density at radius 1 is 0.925 bits per heavy atom. The maximum absolute atomic E-state index is 14.0. The van der Waals surface area contributed by atoms with Crippen LogP contribution in [0, 0.1) is 0 Å². The number of nitrogens with zero attached hydrogens (tertiary/aromatic N) is 3. The Morgan fingerprint density at radius 2 is 1.65 bits per heavy atom. The van der Waals surface area contributed by atoms with Crippen LogP contribution in [0.1, 0.15) is 50.3 Å². The fourth-order valence-electron chi connectivity index (χ4n) is 5.71. The highest BCUT2D eigenvalue weighted by molar-refractivity contribution is 7.89. The molecule has 3 aromatic carbocycles. The molecule has 0 atom stereocenters. The van der Waals surface area contributed by atoms with Gasteiger partial charge < -0.3 is 9.47 Å². The molecular formula is C32H36ClN3O3S. The van der Waals surface area contributed by atoms with Crippen LogP contribution >= 0.6 is 11.6 Å². The van der Waals surface area contributed by atoms with Crippen LogP contribution < -0.4 is 0 Å². The number of hydrogen-bond donors (Lipinski definition) is 0. The van der Waals surface area contributed by atoms with Crippen molar-refractivity contribution in [2.45, 2.75) is 63.1 Å². The Bertz CT molecular complexity index is 1570. The third-order valence-corrected chi connectivity index (χ3v) is 10.3. The number of rotatable bonds is 10. The number of aromatic nitrogens is 1. The largest absolute Gasteiger partial charge is 0.345 e. The molecule has 0 saturated heterocycles. The van der Waals surface area contributed by atoms with Crippen molar-refractivity contribution in [3.05, 3.63) is 101 Å². The molecule has 1 saturated carbocycles. The van der Waals surface area contributed by atoms with E-state index < -0.39 is 10.0 Å². The highest BCUT2D eigenvalue weighted by Gasteiger charge is 2.32. The van der Waals surface area contributed by atoms with Crippen LogP contribution in [-0.2, 0) is 27.9 Å². The third kappa shape index (κ3) is 6.12. The normalized spacial score (nSPS) is 14.6. The van der Waals surface area contributed by atoms with Gasteiger partial charge in [0, 0.05) is 41.4 Å². The maximum atomic E-state index is 14.0. The van der Waals surface area contributed by atoms with E-state index in [0.717, 1.165) is 48.7 Å². The highest BCUT2D eigenvalue weighted by atomic mass is 35.5. The minimum Gasteiger partial charge on any atom is -0.345 e. The highest BCUT2D eigenvalue weighted by Crippen LogP contribution is 2.28. The lowest BCUT2D eigenvalue weighted by molar-refractivity contribution is -0.135. The molecule has 6 nitrogen and oxygen atoms in total. The molecule has 1 fully saturated rings. The smallest absolute Gasteiger partial charge is 0.244 e. The van der Waals surface area contributed by atoms with Crippen LogP contribution in [0.15, 0.2) is 90.0 Å². The lowest BCUT2D eigenvalue weighted by atomic mass is 9.94. The second kappa shape index (κ2) is 12.6. The van der Waals surface area contributed by atoms with E-state index in [1.54, 1.807) is 19.1 Å². The number of amides is 1. The molecule has 0 N–H and O–H groups in total. The first-order valence-electron chi connectivity index (χ1n) is 14.0. The van der Waals surface area contributed by atoms with Crippen molar-refractivity contribution in [3.63, 3.8) is 0 Å². The van der Waals surface area contributed by atoms with Crippen molar-refractivity contribution >= 4 is 38.3 Å². The van der Waals surface area contributed by atoms with Gasteiger partial charge in [0.25, 0.3) is 0 Å². The van der Waals surface area contributed by atoms with Gasteiger partial charge in [0.1, 0.15) is 0 Å². The van der Waals surface area contributed by atoms with Gasteiger partial charge >= 0.3 is 0 Å². The van der Waals surface area contributed by atoms with Crippen molar-refractivity contribution < 1.29 is 13.2 Å². The molecule has 0 bridgehead atoms. The van der Waals surface area contributed by atoms with Crippen LogP contribution in [0.5, 0.6) is 0 Å². The molecule has 8 heteroatoms. The monoisotopic (exact) mass is 577 g/mol. The molecule has 0 spiro atoms. The van der Waals surface area contributed by atoms with Crippen molar-refractivity contribution in [2.75, 3.05) is 13.1 Å². The van der Waals surface area contributed by atoms with Gasteiger partial charge in [0.2, 0.25) is 15.9 Å². The summed E-state index contributed by atoms with van der Waals surface area (Å²) in [6.07, 6.45) is 7.17. The Hall–Kier alpha value is -3.13. The fraction of sp³-hybridized carbons (Fsp3) is 0.344. The summed E-state index contributed by atoms with van der Waals surface area (Å²) in [6, 6.07) is 24.6. The van der Waals surface area contributed by atoms with Gasteiger partial charge in [0.05, 0.1) is 18.0 Å². The number of halogens is 1. The zero-order chi connectivity index (χ0) is 28.1. The number of hydrogen-bond acceptors (Lipinski definition) is 3. The summed E-state index contributed by atoms with van der Waals surface area (Å²) < 4.78 is 31.1. The van der Waals surface area contributed by atoms with E-state index in [1.165, 1.54) is 4.31 Å². The predicted octanol–water partition coefficient (Wildman–Crippen LogP) is 6.72. The topological polar surface area (TPSA) is 62.6 Å². The molecule has 5 rings (SSSR count). The van der Waals surface area contributed by atoms with Crippen LogP contribution in [0.4, 0.5) is 0 Å². The first-order chi connectivity index (χ1) is 19.4. The maximum Gasteiger partial charge on any atom is 0.244 e. The van der Waals surface area contributed by atoms with E-state index >= 15 is 0 Å². The van der Waals surface area contributed by atoms with Crippen molar-refractivity contribution in [1.82, 2.24) is 13.8 Å². The molecule has 4 aromatic rings. The number of fused-ring (bicyclic) bond motifs is 1. The van der Waals surface area contributed by atoms with Gasteiger partial charge in [-0.25, -0.2) is 8.42 Å². The second-order valence-corrected chi connectivity index (χ2v) is 12.8. The Morgan fingerprint density at radius 3 is 2.42 bits per heavy atom. The molecule has 1 amide bonds. The number of carbonyl (C=O) groups is 1. The van der Waals surface area contributed by atoms with Crippen LogP contribution in [-0.4, -0.2) is 47.2 Å². The molecular weight excluding hydrogens is 542 g/mol. The first-order valence-corrected chi connectivity index (χ1v) is 15.8. The van der Waals surface area contributed by atoms with Gasteiger partial charge in [0.15, 0.2) is 0 Å². The molecule has 40 heavy (non-hydrogen) atoms. The summed E-state index contributed by atoms with van der Waals surface area (Å²) in [5.41, 5.74) is 2.01. The minimum absolute atomic E-state index is 0.0869. The molecule has 0 unspecified atom stereocenters. The zero-order valence-corrected chi connectivity index (χ0v) is 24.4. The van der Waals surface area contributed by atoms with Gasteiger partial charge in [-0.05, 0) is 48.1 Å². The SMILES string of the molecule is CCN(CC(=O)N(Cc1cccn1Cc1ccccc1Cl)C1CCCCC1)S(=O)(=O)c1cccc2ccccc12. The molecule has 1 aromatic heterocycles. The molecule has 210 valence electrons. The van der Waals surface area contributed by atoms with Crippen molar-refractivity contribution in [2.24, 2.45) is 0 Å². The number of carbonyl (C=O) groups excluding carboxylic acids is 1. The summed E-state index contributed by atoms with van der Waals surface area (Å²) in [5, 5.41) is 2.23.